The average Bonchev–Trinajstić information content (AvgIpc) is 3.31. The second-order valence-corrected chi connectivity index (χ2v) is 8.59. The highest BCUT2D eigenvalue weighted by Gasteiger charge is 2.25. The first kappa shape index (κ1) is 21.3. The monoisotopic (exact) mass is 436 g/mol. The zero-order valence-electron chi connectivity index (χ0n) is 18.1. The molecule has 7 heteroatoms. The molecular weight excluding hydrogens is 412 g/mol. The van der Waals surface area contributed by atoms with Crippen molar-refractivity contribution in [3.63, 3.8) is 0 Å². The van der Waals surface area contributed by atoms with Crippen molar-refractivity contribution in [1.29, 1.82) is 0 Å². The van der Waals surface area contributed by atoms with E-state index in [0.29, 0.717) is 11.6 Å². The van der Waals surface area contributed by atoms with E-state index in [9.17, 15) is 4.79 Å². The second-order valence-electron chi connectivity index (χ2n) is 8.18. The lowest BCUT2D eigenvalue weighted by molar-refractivity contribution is -0.139. The maximum atomic E-state index is 11.8. The minimum absolute atomic E-state index is 0.0233. The Labute approximate surface area is 186 Å². The van der Waals surface area contributed by atoms with Crippen molar-refractivity contribution in [1.82, 2.24) is 19.3 Å². The molecule has 4 aromatic rings. The van der Waals surface area contributed by atoms with Gasteiger partial charge in [-0.1, -0.05) is 35.9 Å². The number of aryl methyl sites for hydroxylation is 1. The van der Waals surface area contributed by atoms with Gasteiger partial charge in [0.1, 0.15) is 5.60 Å². The van der Waals surface area contributed by atoms with E-state index < -0.39 is 5.60 Å². The fourth-order valence-corrected chi connectivity index (χ4v) is 3.52. The molecule has 31 heavy (non-hydrogen) atoms. The van der Waals surface area contributed by atoms with Gasteiger partial charge in [-0.15, -0.1) is 0 Å². The zero-order chi connectivity index (χ0) is 22.2. The van der Waals surface area contributed by atoms with Crippen molar-refractivity contribution in [3.8, 4) is 11.3 Å². The Balaban J connectivity index is 1.73. The average molecular weight is 437 g/mol. The van der Waals surface area contributed by atoms with Gasteiger partial charge in [0.15, 0.2) is 5.78 Å². The molecule has 2 aromatic heterocycles. The third-order valence-electron chi connectivity index (χ3n) is 5.56. The molecule has 0 aliphatic rings. The van der Waals surface area contributed by atoms with Crippen molar-refractivity contribution in [2.24, 2.45) is 7.05 Å². The molecule has 0 unspecified atom stereocenters. The first-order valence-electron chi connectivity index (χ1n) is 10.1. The number of carbonyl (C=O) groups excluding carboxylic acids is 1. The van der Waals surface area contributed by atoms with Crippen molar-refractivity contribution >= 4 is 28.4 Å². The number of ketones is 1. The van der Waals surface area contributed by atoms with Crippen LogP contribution in [0.25, 0.3) is 22.3 Å². The van der Waals surface area contributed by atoms with Gasteiger partial charge in [0.05, 0.1) is 41.9 Å². The van der Waals surface area contributed by atoms with E-state index in [1.165, 1.54) is 6.92 Å². The lowest BCUT2D eigenvalue weighted by atomic mass is 10.1. The third-order valence-corrected chi connectivity index (χ3v) is 5.93. The Morgan fingerprint density at radius 1 is 1.16 bits per heavy atom. The number of Topliss-reactive ketones (excluding diaryl/α,β-unsaturated/α-hetero) is 1. The Morgan fingerprint density at radius 2 is 1.94 bits per heavy atom. The van der Waals surface area contributed by atoms with Crippen LogP contribution in [0.3, 0.4) is 0 Å². The molecule has 160 valence electrons. The van der Waals surface area contributed by atoms with E-state index in [1.807, 2.05) is 58.8 Å². The van der Waals surface area contributed by atoms with Gasteiger partial charge in [0.25, 0.3) is 0 Å². The smallest absolute Gasteiger partial charge is 0.161 e. The van der Waals surface area contributed by atoms with E-state index in [2.05, 4.69) is 11.1 Å². The molecule has 0 fully saturated rings. The van der Waals surface area contributed by atoms with E-state index in [0.717, 1.165) is 33.5 Å². The standard InChI is InChI=1S/C24H25ClN4O2/c1-16(30)24(2,3)31-14-19-12-22(17-9-10-21-23(11-17)28(4)15-26-21)29(27-19)13-18-7-5-6-8-20(18)25/h5-12,15H,13-14H2,1-4H3. The summed E-state index contributed by atoms with van der Waals surface area (Å²) >= 11 is 6.40. The molecule has 0 radical (unpaired) electrons. The maximum absolute atomic E-state index is 11.8. The van der Waals surface area contributed by atoms with E-state index in [1.54, 1.807) is 20.2 Å². The molecule has 0 spiro atoms. The Bertz CT molecular complexity index is 1260. The summed E-state index contributed by atoms with van der Waals surface area (Å²) in [4.78, 5) is 16.2. The van der Waals surface area contributed by atoms with Gasteiger partial charge in [0.2, 0.25) is 0 Å². The molecular formula is C24H25ClN4O2. The Kier molecular flexibility index (Phi) is 5.69. The summed E-state index contributed by atoms with van der Waals surface area (Å²) in [5.41, 5.74) is 4.82. The number of aromatic nitrogens is 4. The van der Waals surface area contributed by atoms with Crippen molar-refractivity contribution < 1.29 is 9.53 Å². The largest absolute Gasteiger partial charge is 0.361 e. The number of fused-ring (bicyclic) bond motifs is 1. The van der Waals surface area contributed by atoms with Crippen LogP contribution in [0, 0.1) is 0 Å². The normalized spacial score (nSPS) is 11.9. The van der Waals surface area contributed by atoms with Gasteiger partial charge in [-0.3, -0.25) is 9.48 Å². The molecule has 6 nitrogen and oxygen atoms in total. The van der Waals surface area contributed by atoms with Crippen molar-refractivity contribution in [2.45, 2.75) is 39.5 Å². The van der Waals surface area contributed by atoms with Gasteiger partial charge in [0, 0.05) is 17.6 Å². The number of imidazole rings is 1. The van der Waals surface area contributed by atoms with Crippen LogP contribution in [0.5, 0.6) is 0 Å². The second kappa shape index (κ2) is 8.29. The summed E-state index contributed by atoms with van der Waals surface area (Å²) < 4.78 is 9.79. The summed E-state index contributed by atoms with van der Waals surface area (Å²) in [5.74, 6) is -0.0233. The van der Waals surface area contributed by atoms with Crippen molar-refractivity contribution in [2.75, 3.05) is 0 Å². The molecule has 0 saturated carbocycles. The first-order valence-corrected chi connectivity index (χ1v) is 10.5. The highest BCUT2D eigenvalue weighted by atomic mass is 35.5. The molecule has 0 bridgehead atoms. The summed E-state index contributed by atoms with van der Waals surface area (Å²) in [6, 6.07) is 15.9. The third kappa shape index (κ3) is 4.40. The molecule has 2 heterocycles. The number of hydrogen-bond acceptors (Lipinski definition) is 4. The van der Waals surface area contributed by atoms with Gasteiger partial charge in [-0.25, -0.2) is 4.98 Å². The predicted octanol–water partition coefficient (Wildman–Crippen LogP) is 5.02. The van der Waals surface area contributed by atoms with Crippen LogP contribution in [0.2, 0.25) is 5.02 Å². The molecule has 0 aliphatic carbocycles. The minimum atomic E-state index is -0.861. The van der Waals surface area contributed by atoms with Crippen LogP contribution in [0.1, 0.15) is 32.0 Å². The van der Waals surface area contributed by atoms with Crippen LogP contribution < -0.4 is 0 Å². The zero-order valence-corrected chi connectivity index (χ0v) is 18.8. The fourth-order valence-electron chi connectivity index (χ4n) is 3.32. The van der Waals surface area contributed by atoms with Crippen LogP contribution in [0.4, 0.5) is 0 Å². The van der Waals surface area contributed by atoms with Gasteiger partial charge in [-0.05, 0) is 50.6 Å². The summed E-state index contributed by atoms with van der Waals surface area (Å²) in [6.07, 6.45) is 1.80. The highest BCUT2D eigenvalue weighted by Crippen LogP contribution is 2.27. The maximum Gasteiger partial charge on any atom is 0.161 e. The van der Waals surface area contributed by atoms with Crippen LogP contribution >= 0.6 is 11.6 Å². The van der Waals surface area contributed by atoms with E-state index in [-0.39, 0.29) is 12.4 Å². The van der Waals surface area contributed by atoms with E-state index in [4.69, 9.17) is 21.4 Å². The number of carbonyl (C=O) groups is 1. The molecule has 0 N–H and O–H groups in total. The number of benzene rings is 2. The lowest BCUT2D eigenvalue weighted by Gasteiger charge is -2.21. The summed E-state index contributed by atoms with van der Waals surface area (Å²) in [7, 11) is 1.98. The first-order chi connectivity index (χ1) is 14.7. The molecule has 4 rings (SSSR count). The molecule has 0 amide bonds. The topological polar surface area (TPSA) is 61.9 Å². The Hall–Kier alpha value is -2.96. The lowest BCUT2D eigenvalue weighted by Crippen LogP contribution is -2.32. The van der Waals surface area contributed by atoms with Gasteiger partial charge in [-0.2, -0.15) is 5.10 Å². The Morgan fingerprint density at radius 3 is 2.68 bits per heavy atom. The highest BCUT2D eigenvalue weighted by molar-refractivity contribution is 6.31. The molecule has 2 aromatic carbocycles. The quantitative estimate of drug-likeness (QED) is 0.408. The molecule has 0 saturated heterocycles. The van der Waals surface area contributed by atoms with Gasteiger partial charge >= 0.3 is 0 Å². The van der Waals surface area contributed by atoms with Crippen molar-refractivity contribution in [3.05, 3.63) is 71.1 Å². The van der Waals surface area contributed by atoms with Crippen LogP contribution in [-0.2, 0) is 29.7 Å². The predicted molar refractivity (Wildman–Crippen MR) is 122 cm³/mol. The van der Waals surface area contributed by atoms with Gasteiger partial charge < -0.3 is 9.30 Å². The number of rotatable bonds is 7. The number of hydrogen-bond donors (Lipinski definition) is 0. The molecule has 0 aliphatic heterocycles. The number of halogens is 1. The van der Waals surface area contributed by atoms with Crippen LogP contribution in [0.15, 0.2) is 54.9 Å². The number of nitrogens with zero attached hydrogens (tertiary/aromatic N) is 4. The number of ether oxygens (including phenoxy) is 1. The SMILES string of the molecule is CC(=O)C(C)(C)OCc1cc(-c2ccc3ncn(C)c3c2)n(Cc2ccccc2Cl)n1. The summed E-state index contributed by atoms with van der Waals surface area (Å²) in [5, 5.41) is 5.47. The van der Waals surface area contributed by atoms with E-state index >= 15 is 0 Å². The summed E-state index contributed by atoms with van der Waals surface area (Å²) in [6.45, 7) is 5.84. The van der Waals surface area contributed by atoms with Crippen LogP contribution in [-0.4, -0.2) is 30.7 Å². The minimum Gasteiger partial charge on any atom is -0.361 e. The molecule has 0 atom stereocenters. The fraction of sp³-hybridized carbons (Fsp3) is 0.292.